The highest BCUT2D eigenvalue weighted by Gasteiger charge is 2.26. The standard InChI is InChI=1S/C32H65NO4/c1-3-5-7-9-11-12-13-14-15-16-17-18-19-21-22-24-26-30(35)32(37)29(28-34)33-31(36)27-25-23-20-10-8-6-4-2/h29-30,32,34-35,37H,3-28H2,1-2H3,(H,33,36)/t29-,30+,32-/m0/s1. The van der Waals surface area contributed by atoms with Crippen molar-refractivity contribution >= 4 is 5.91 Å². The Morgan fingerprint density at radius 2 is 0.919 bits per heavy atom. The van der Waals surface area contributed by atoms with Gasteiger partial charge < -0.3 is 20.6 Å². The van der Waals surface area contributed by atoms with Crippen molar-refractivity contribution in [3.63, 3.8) is 0 Å². The van der Waals surface area contributed by atoms with Crippen molar-refractivity contribution in [2.45, 2.75) is 193 Å². The summed E-state index contributed by atoms with van der Waals surface area (Å²) in [6, 6.07) is -0.798. The number of nitrogens with one attached hydrogen (secondary N) is 1. The van der Waals surface area contributed by atoms with E-state index in [2.05, 4.69) is 19.2 Å². The second-order valence-corrected chi connectivity index (χ2v) is 11.4. The van der Waals surface area contributed by atoms with Gasteiger partial charge in [0.2, 0.25) is 5.91 Å². The third-order valence-electron chi connectivity index (χ3n) is 7.71. The zero-order chi connectivity index (χ0) is 27.4. The van der Waals surface area contributed by atoms with Gasteiger partial charge in [0.1, 0.15) is 6.10 Å². The Bertz CT molecular complexity index is 474. The normalized spacial score (nSPS) is 14.0. The summed E-state index contributed by atoms with van der Waals surface area (Å²) in [5.74, 6) is -0.152. The average molecular weight is 528 g/mol. The fourth-order valence-corrected chi connectivity index (χ4v) is 5.10. The molecule has 0 spiro atoms. The number of hydrogen-bond donors (Lipinski definition) is 4. The van der Waals surface area contributed by atoms with Crippen LogP contribution in [0.15, 0.2) is 0 Å². The summed E-state index contributed by atoms with van der Waals surface area (Å²) in [6.45, 7) is 4.11. The van der Waals surface area contributed by atoms with Gasteiger partial charge in [-0.15, -0.1) is 0 Å². The number of carbonyl (C=O) groups is 1. The van der Waals surface area contributed by atoms with E-state index < -0.39 is 18.2 Å². The highest BCUT2D eigenvalue weighted by Crippen LogP contribution is 2.16. The molecule has 0 saturated heterocycles. The van der Waals surface area contributed by atoms with Crippen LogP contribution in [0.5, 0.6) is 0 Å². The van der Waals surface area contributed by atoms with Crippen LogP contribution in [-0.2, 0) is 4.79 Å². The summed E-state index contributed by atoms with van der Waals surface area (Å²) in [5.41, 5.74) is 0. The second kappa shape index (κ2) is 28.4. The second-order valence-electron chi connectivity index (χ2n) is 11.4. The topological polar surface area (TPSA) is 89.8 Å². The first kappa shape index (κ1) is 36.4. The number of hydrogen-bond acceptors (Lipinski definition) is 4. The van der Waals surface area contributed by atoms with Crippen LogP contribution >= 0.6 is 0 Å². The molecule has 0 aromatic rings. The fraction of sp³-hybridized carbons (Fsp3) is 0.969. The van der Waals surface area contributed by atoms with Crippen LogP contribution in [0.4, 0.5) is 0 Å². The van der Waals surface area contributed by atoms with Crippen LogP contribution in [0.1, 0.15) is 174 Å². The lowest BCUT2D eigenvalue weighted by Crippen LogP contribution is -2.50. The first-order valence-electron chi connectivity index (χ1n) is 16.3. The van der Waals surface area contributed by atoms with Gasteiger partial charge in [-0.05, 0) is 12.8 Å². The minimum absolute atomic E-state index is 0.152. The zero-order valence-electron chi connectivity index (χ0n) is 24.9. The molecule has 5 heteroatoms. The van der Waals surface area contributed by atoms with Crippen molar-refractivity contribution < 1.29 is 20.1 Å². The van der Waals surface area contributed by atoms with Crippen LogP contribution in [0.2, 0.25) is 0 Å². The predicted octanol–water partition coefficient (Wildman–Crippen LogP) is 7.98. The predicted molar refractivity (Wildman–Crippen MR) is 158 cm³/mol. The molecule has 1 amide bonds. The Morgan fingerprint density at radius 3 is 1.30 bits per heavy atom. The summed E-state index contributed by atoms with van der Waals surface area (Å²) >= 11 is 0. The summed E-state index contributed by atoms with van der Waals surface area (Å²) in [7, 11) is 0. The first-order chi connectivity index (χ1) is 18.1. The van der Waals surface area contributed by atoms with Gasteiger partial charge in [-0.1, -0.05) is 155 Å². The van der Waals surface area contributed by atoms with Gasteiger partial charge in [0.05, 0.1) is 18.8 Å². The largest absolute Gasteiger partial charge is 0.394 e. The molecule has 3 atom stereocenters. The highest BCUT2D eigenvalue weighted by atomic mass is 16.3. The first-order valence-corrected chi connectivity index (χ1v) is 16.3. The molecule has 5 nitrogen and oxygen atoms in total. The molecule has 0 radical (unpaired) electrons. The molecule has 37 heavy (non-hydrogen) atoms. The van der Waals surface area contributed by atoms with Gasteiger partial charge in [0.15, 0.2) is 0 Å². The maximum Gasteiger partial charge on any atom is 0.220 e. The van der Waals surface area contributed by atoms with E-state index in [4.69, 9.17) is 0 Å². The van der Waals surface area contributed by atoms with Crippen LogP contribution in [0.3, 0.4) is 0 Å². The summed E-state index contributed by atoms with van der Waals surface area (Å²) in [4.78, 5) is 12.2. The van der Waals surface area contributed by atoms with Crippen LogP contribution < -0.4 is 5.32 Å². The van der Waals surface area contributed by atoms with E-state index in [9.17, 15) is 20.1 Å². The molecular weight excluding hydrogens is 462 g/mol. The molecular formula is C32H65NO4. The number of unbranched alkanes of at least 4 members (excludes halogenated alkanes) is 21. The maximum atomic E-state index is 12.2. The van der Waals surface area contributed by atoms with Gasteiger partial charge >= 0.3 is 0 Å². The quantitative estimate of drug-likeness (QED) is 0.0742. The molecule has 0 rings (SSSR count). The van der Waals surface area contributed by atoms with Gasteiger partial charge in [-0.25, -0.2) is 0 Å². The summed E-state index contributed by atoms with van der Waals surface area (Å²) < 4.78 is 0. The minimum atomic E-state index is -1.13. The molecule has 0 unspecified atom stereocenters. The van der Waals surface area contributed by atoms with E-state index in [1.807, 2.05) is 0 Å². The number of amides is 1. The van der Waals surface area contributed by atoms with Crippen molar-refractivity contribution in [2.24, 2.45) is 0 Å². The Balaban J connectivity index is 3.65. The van der Waals surface area contributed by atoms with Crippen molar-refractivity contribution in [1.29, 1.82) is 0 Å². The summed E-state index contributed by atoms with van der Waals surface area (Å²) in [5, 5.41) is 33.1. The van der Waals surface area contributed by atoms with Crippen LogP contribution in [-0.4, -0.2) is 46.1 Å². The molecule has 0 saturated carbocycles. The average Bonchev–Trinajstić information content (AvgIpc) is 2.90. The SMILES string of the molecule is CCCCCCCCCCCCCCCCCC[C@@H](O)[C@@H](O)[C@H](CO)NC(=O)CCCCCCCCC. The fourth-order valence-electron chi connectivity index (χ4n) is 5.10. The third kappa shape index (κ3) is 24.1. The van der Waals surface area contributed by atoms with Crippen LogP contribution in [0, 0.1) is 0 Å². The maximum absolute atomic E-state index is 12.2. The van der Waals surface area contributed by atoms with Gasteiger partial charge in [0, 0.05) is 6.42 Å². The molecule has 0 aliphatic rings. The number of rotatable bonds is 29. The van der Waals surface area contributed by atoms with Crippen molar-refractivity contribution in [2.75, 3.05) is 6.61 Å². The highest BCUT2D eigenvalue weighted by molar-refractivity contribution is 5.76. The van der Waals surface area contributed by atoms with Gasteiger partial charge in [-0.3, -0.25) is 4.79 Å². The Hall–Kier alpha value is -0.650. The van der Waals surface area contributed by atoms with E-state index in [0.717, 1.165) is 32.1 Å². The van der Waals surface area contributed by atoms with E-state index in [1.54, 1.807) is 0 Å². The number of aliphatic hydroxyl groups excluding tert-OH is 3. The molecule has 0 heterocycles. The van der Waals surface area contributed by atoms with E-state index >= 15 is 0 Å². The monoisotopic (exact) mass is 527 g/mol. The van der Waals surface area contributed by atoms with Crippen molar-refractivity contribution in [3.05, 3.63) is 0 Å². The van der Waals surface area contributed by atoms with Crippen LogP contribution in [0.25, 0.3) is 0 Å². The van der Waals surface area contributed by atoms with Crippen molar-refractivity contribution in [1.82, 2.24) is 5.32 Å². The van der Waals surface area contributed by atoms with E-state index in [1.165, 1.54) is 116 Å². The lowest BCUT2D eigenvalue weighted by Gasteiger charge is -2.26. The molecule has 0 aliphatic carbocycles. The van der Waals surface area contributed by atoms with Gasteiger partial charge in [-0.2, -0.15) is 0 Å². The Labute approximate surface area is 230 Å². The zero-order valence-corrected chi connectivity index (χ0v) is 24.9. The molecule has 0 fully saturated rings. The van der Waals surface area contributed by atoms with E-state index in [0.29, 0.717) is 12.8 Å². The lowest BCUT2D eigenvalue weighted by atomic mass is 9.99. The molecule has 0 aromatic heterocycles. The minimum Gasteiger partial charge on any atom is -0.394 e. The summed E-state index contributed by atoms with van der Waals surface area (Å²) in [6.07, 6.45) is 27.7. The van der Waals surface area contributed by atoms with Gasteiger partial charge in [0.25, 0.3) is 0 Å². The molecule has 0 aliphatic heterocycles. The molecule has 4 N–H and O–H groups in total. The van der Waals surface area contributed by atoms with E-state index in [-0.39, 0.29) is 12.5 Å². The molecule has 0 aromatic carbocycles. The molecule has 0 bridgehead atoms. The Kier molecular flexibility index (Phi) is 27.9. The molecule has 222 valence electrons. The van der Waals surface area contributed by atoms with Crippen molar-refractivity contribution in [3.8, 4) is 0 Å². The number of aliphatic hydroxyl groups is 3. The lowest BCUT2D eigenvalue weighted by molar-refractivity contribution is -0.124. The number of carbonyl (C=O) groups excluding carboxylic acids is 1. The Morgan fingerprint density at radius 1 is 0.568 bits per heavy atom. The smallest absolute Gasteiger partial charge is 0.220 e. The third-order valence-corrected chi connectivity index (χ3v) is 7.71.